The topological polar surface area (TPSA) is 50.7 Å². The molecule has 0 spiro atoms. The molecule has 4 nitrogen and oxygen atoms in total. The Morgan fingerprint density at radius 3 is 2.71 bits per heavy atom. The average molecular weight is 232 g/mol. The van der Waals surface area contributed by atoms with E-state index < -0.39 is 0 Å². The van der Waals surface area contributed by atoms with E-state index in [0.29, 0.717) is 17.9 Å². The number of nitrogens with one attached hydrogen (secondary N) is 1. The molecule has 0 fully saturated rings. The zero-order chi connectivity index (χ0) is 12.1. The van der Waals surface area contributed by atoms with Crippen molar-refractivity contribution < 1.29 is 4.39 Å². The summed E-state index contributed by atoms with van der Waals surface area (Å²) in [6.07, 6.45) is 6.05. The van der Waals surface area contributed by atoms with Gasteiger partial charge in [0, 0.05) is 24.2 Å². The van der Waals surface area contributed by atoms with Crippen LogP contribution >= 0.6 is 0 Å². The van der Waals surface area contributed by atoms with Crippen molar-refractivity contribution in [1.29, 1.82) is 0 Å². The van der Waals surface area contributed by atoms with E-state index >= 15 is 0 Å². The van der Waals surface area contributed by atoms with Gasteiger partial charge in [0.1, 0.15) is 11.6 Å². The molecule has 2 heterocycles. The summed E-state index contributed by atoms with van der Waals surface area (Å²) >= 11 is 0. The van der Waals surface area contributed by atoms with Crippen LogP contribution in [0.25, 0.3) is 0 Å². The van der Waals surface area contributed by atoms with Crippen LogP contribution in [0.1, 0.15) is 24.4 Å². The summed E-state index contributed by atoms with van der Waals surface area (Å²) in [7, 11) is 0. The lowest BCUT2D eigenvalue weighted by molar-refractivity contribution is 0.539. The Morgan fingerprint density at radius 1 is 1.29 bits per heavy atom. The molecule has 0 bridgehead atoms. The number of hydrogen-bond acceptors (Lipinski definition) is 4. The van der Waals surface area contributed by atoms with E-state index in [1.54, 1.807) is 30.7 Å². The normalized spacial score (nSPS) is 12.4. The molecular formula is C12H13FN4. The van der Waals surface area contributed by atoms with E-state index in [1.807, 2.05) is 6.92 Å². The molecule has 5 heteroatoms. The Kier molecular flexibility index (Phi) is 3.72. The first kappa shape index (κ1) is 11.6. The fourth-order valence-electron chi connectivity index (χ4n) is 1.62. The van der Waals surface area contributed by atoms with Crippen LogP contribution in [-0.4, -0.2) is 21.5 Å². The van der Waals surface area contributed by atoms with Gasteiger partial charge in [-0.15, -0.1) is 0 Å². The molecule has 0 radical (unpaired) electrons. The average Bonchev–Trinajstić information content (AvgIpc) is 2.38. The monoisotopic (exact) mass is 232 g/mol. The summed E-state index contributed by atoms with van der Waals surface area (Å²) in [6.45, 7) is 2.65. The summed E-state index contributed by atoms with van der Waals surface area (Å²) < 4.78 is 13.7. The summed E-state index contributed by atoms with van der Waals surface area (Å²) in [5.74, 6) is 0.199. The molecule has 0 amide bonds. The van der Waals surface area contributed by atoms with E-state index in [1.165, 1.54) is 6.20 Å². The van der Waals surface area contributed by atoms with Crippen LogP contribution in [0.4, 0.5) is 4.39 Å². The summed E-state index contributed by atoms with van der Waals surface area (Å²) in [5.41, 5.74) is 0.507. The molecule has 0 aromatic carbocycles. The van der Waals surface area contributed by atoms with Gasteiger partial charge in [0.05, 0.1) is 12.2 Å². The van der Waals surface area contributed by atoms with Gasteiger partial charge in [0.2, 0.25) is 0 Å². The second-order valence-corrected chi connectivity index (χ2v) is 3.49. The minimum absolute atomic E-state index is 0.343. The Morgan fingerprint density at radius 2 is 2.06 bits per heavy atom. The molecule has 0 aliphatic rings. The van der Waals surface area contributed by atoms with Gasteiger partial charge in [-0.1, -0.05) is 6.92 Å². The van der Waals surface area contributed by atoms with E-state index in [-0.39, 0.29) is 11.9 Å². The number of pyridine rings is 1. The van der Waals surface area contributed by atoms with Crippen molar-refractivity contribution in [3.8, 4) is 0 Å². The third-order valence-electron chi connectivity index (χ3n) is 2.37. The lowest BCUT2D eigenvalue weighted by Gasteiger charge is -2.16. The van der Waals surface area contributed by atoms with Crippen LogP contribution in [0.15, 0.2) is 36.9 Å². The van der Waals surface area contributed by atoms with Crippen LogP contribution in [0.5, 0.6) is 0 Å². The predicted octanol–water partition coefficient (Wildman–Crippen LogP) is 1.71. The number of hydrogen-bond donors (Lipinski definition) is 1. The Labute approximate surface area is 99.0 Å². The van der Waals surface area contributed by atoms with Crippen molar-refractivity contribution in [2.45, 2.75) is 13.0 Å². The molecule has 1 unspecified atom stereocenters. The van der Waals surface area contributed by atoms with Crippen molar-refractivity contribution in [2.24, 2.45) is 0 Å². The van der Waals surface area contributed by atoms with Gasteiger partial charge >= 0.3 is 0 Å². The van der Waals surface area contributed by atoms with E-state index in [9.17, 15) is 4.39 Å². The van der Waals surface area contributed by atoms with E-state index in [4.69, 9.17) is 0 Å². The lowest BCUT2D eigenvalue weighted by atomic mass is 10.1. The summed E-state index contributed by atoms with van der Waals surface area (Å²) in [6, 6.07) is 3.03. The number of rotatable bonds is 4. The highest BCUT2D eigenvalue weighted by Gasteiger charge is 2.18. The molecule has 1 N–H and O–H groups in total. The van der Waals surface area contributed by atoms with E-state index in [2.05, 4.69) is 20.3 Å². The van der Waals surface area contributed by atoms with Crippen molar-refractivity contribution in [3.05, 3.63) is 54.1 Å². The van der Waals surface area contributed by atoms with Crippen molar-refractivity contribution in [2.75, 3.05) is 6.54 Å². The lowest BCUT2D eigenvalue weighted by Crippen LogP contribution is -2.24. The van der Waals surface area contributed by atoms with Gasteiger partial charge in [-0.05, 0) is 18.7 Å². The highest BCUT2D eigenvalue weighted by atomic mass is 19.1. The highest BCUT2D eigenvalue weighted by Crippen LogP contribution is 2.20. The molecule has 0 saturated carbocycles. The van der Waals surface area contributed by atoms with Crippen molar-refractivity contribution >= 4 is 0 Å². The van der Waals surface area contributed by atoms with Crippen molar-refractivity contribution in [3.63, 3.8) is 0 Å². The zero-order valence-corrected chi connectivity index (χ0v) is 9.47. The van der Waals surface area contributed by atoms with Gasteiger partial charge in [0.15, 0.2) is 0 Å². The number of aromatic nitrogens is 3. The largest absolute Gasteiger partial charge is 0.304 e. The van der Waals surface area contributed by atoms with E-state index in [0.717, 1.165) is 0 Å². The SMILES string of the molecule is CCNC(c1ncccn1)c1ccncc1F. The minimum Gasteiger partial charge on any atom is -0.304 e. The Balaban J connectivity index is 2.39. The van der Waals surface area contributed by atoms with Gasteiger partial charge in [-0.3, -0.25) is 4.98 Å². The Bertz CT molecular complexity index is 475. The number of nitrogens with zero attached hydrogens (tertiary/aromatic N) is 3. The first-order valence-corrected chi connectivity index (χ1v) is 5.42. The summed E-state index contributed by atoms with van der Waals surface area (Å²) in [5, 5.41) is 3.16. The zero-order valence-electron chi connectivity index (χ0n) is 9.47. The first-order valence-electron chi connectivity index (χ1n) is 5.42. The minimum atomic E-state index is -0.356. The van der Waals surface area contributed by atoms with Gasteiger partial charge in [-0.2, -0.15) is 0 Å². The standard InChI is InChI=1S/C12H13FN4/c1-2-15-11(12-16-5-3-6-17-12)9-4-7-14-8-10(9)13/h3-8,11,15H,2H2,1H3. The third-order valence-corrected chi connectivity index (χ3v) is 2.37. The predicted molar refractivity (Wildman–Crippen MR) is 61.7 cm³/mol. The maximum absolute atomic E-state index is 13.7. The molecule has 1 atom stereocenters. The second kappa shape index (κ2) is 5.45. The molecule has 0 aliphatic heterocycles. The molecule has 88 valence electrons. The third kappa shape index (κ3) is 2.62. The number of halogens is 1. The molecule has 2 aromatic rings. The van der Waals surface area contributed by atoms with Crippen LogP contribution in [0, 0.1) is 5.82 Å². The fraction of sp³-hybridized carbons (Fsp3) is 0.250. The molecule has 0 aliphatic carbocycles. The van der Waals surface area contributed by atoms with Crippen molar-refractivity contribution in [1.82, 2.24) is 20.3 Å². The first-order chi connectivity index (χ1) is 8.33. The Hall–Kier alpha value is -1.88. The van der Waals surface area contributed by atoms with Gasteiger partial charge < -0.3 is 5.32 Å². The molecule has 2 rings (SSSR count). The molecular weight excluding hydrogens is 219 g/mol. The van der Waals surface area contributed by atoms with Crippen LogP contribution in [0.3, 0.4) is 0 Å². The maximum Gasteiger partial charge on any atom is 0.149 e. The van der Waals surface area contributed by atoms with Gasteiger partial charge in [-0.25, -0.2) is 14.4 Å². The smallest absolute Gasteiger partial charge is 0.149 e. The van der Waals surface area contributed by atoms with Gasteiger partial charge in [0.25, 0.3) is 0 Å². The summed E-state index contributed by atoms with van der Waals surface area (Å²) in [4.78, 5) is 12.0. The second-order valence-electron chi connectivity index (χ2n) is 3.49. The highest BCUT2D eigenvalue weighted by molar-refractivity contribution is 5.23. The fourth-order valence-corrected chi connectivity index (χ4v) is 1.62. The maximum atomic E-state index is 13.7. The van der Waals surface area contributed by atoms with Crippen LogP contribution in [-0.2, 0) is 0 Å². The molecule has 0 saturated heterocycles. The van der Waals surface area contributed by atoms with Crippen LogP contribution in [0.2, 0.25) is 0 Å². The quantitative estimate of drug-likeness (QED) is 0.871. The molecule has 2 aromatic heterocycles. The van der Waals surface area contributed by atoms with Crippen LogP contribution < -0.4 is 5.32 Å². The molecule has 17 heavy (non-hydrogen) atoms.